The molecule has 17 heavy (non-hydrogen) atoms. The van der Waals surface area contributed by atoms with Crippen LogP contribution in [0.25, 0.3) is 0 Å². The minimum atomic E-state index is -0.0284. The van der Waals surface area contributed by atoms with Gasteiger partial charge in [0.2, 0.25) is 0 Å². The summed E-state index contributed by atoms with van der Waals surface area (Å²) in [5.74, 6) is 0. The van der Waals surface area contributed by atoms with Crippen molar-refractivity contribution in [1.29, 1.82) is 0 Å². The maximum Gasteiger partial charge on any atom is 0.0837 e. The topological polar surface area (TPSA) is 38.5 Å². The van der Waals surface area contributed by atoms with Gasteiger partial charge in [0.05, 0.1) is 12.2 Å². The summed E-state index contributed by atoms with van der Waals surface area (Å²) in [6, 6.07) is 10.3. The predicted octanol–water partition coefficient (Wildman–Crippen LogP) is 1.63. The molecule has 0 radical (unpaired) electrons. The van der Waals surface area contributed by atoms with E-state index in [-0.39, 0.29) is 5.60 Å². The number of likely N-dealkylation sites (tertiary alicyclic amines) is 1. The molecule has 0 amide bonds. The van der Waals surface area contributed by atoms with E-state index in [2.05, 4.69) is 36.2 Å². The minimum Gasteiger partial charge on any atom is -0.369 e. The second-order valence-corrected chi connectivity index (χ2v) is 4.98. The largest absolute Gasteiger partial charge is 0.369 e. The molecule has 0 saturated carbocycles. The van der Waals surface area contributed by atoms with Gasteiger partial charge in [0.1, 0.15) is 0 Å². The Bertz CT molecular complexity index is 337. The van der Waals surface area contributed by atoms with Gasteiger partial charge in [0.25, 0.3) is 0 Å². The molecule has 0 bridgehead atoms. The van der Waals surface area contributed by atoms with Crippen molar-refractivity contribution in [1.82, 2.24) is 4.90 Å². The maximum absolute atomic E-state index is 6.17. The van der Waals surface area contributed by atoms with Crippen LogP contribution in [0.4, 0.5) is 0 Å². The lowest BCUT2D eigenvalue weighted by Gasteiger charge is -2.29. The smallest absolute Gasteiger partial charge is 0.0837 e. The average Bonchev–Trinajstić information content (AvgIpc) is 2.71. The van der Waals surface area contributed by atoms with E-state index < -0.39 is 0 Å². The summed E-state index contributed by atoms with van der Waals surface area (Å²) in [5, 5.41) is 0. The van der Waals surface area contributed by atoms with Crippen molar-refractivity contribution in [3.63, 3.8) is 0 Å². The molecule has 0 aromatic heterocycles. The third-order valence-electron chi connectivity index (χ3n) is 3.50. The van der Waals surface area contributed by atoms with E-state index >= 15 is 0 Å². The first-order chi connectivity index (χ1) is 8.24. The molecule has 1 heterocycles. The zero-order valence-corrected chi connectivity index (χ0v) is 10.6. The van der Waals surface area contributed by atoms with Crippen LogP contribution in [-0.2, 0) is 11.3 Å². The maximum atomic E-state index is 6.17. The molecule has 1 unspecified atom stereocenters. The molecule has 1 atom stereocenters. The van der Waals surface area contributed by atoms with Crippen molar-refractivity contribution in [2.45, 2.75) is 25.0 Å². The monoisotopic (exact) mass is 234 g/mol. The third kappa shape index (κ3) is 3.28. The zero-order chi connectivity index (χ0) is 12.1. The van der Waals surface area contributed by atoms with E-state index in [1.165, 1.54) is 5.56 Å². The van der Waals surface area contributed by atoms with Gasteiger partial charge in [-0.3, -0.25) is 0 Å². The Hall–Kier alpha value is -0.900. The van der Waals surface area contributed by atoms with Crippen LogP contribution in [0.15, 0.2) is 30.3 Å². The number of nitrogens with zero attached hydrogens (tertiary/aromatic N) is 1. The summed E-state index contributed by atoms with van der Waals surface area (Å²) < 4.78 is 6.17. The lowest BCUT2D eigenvalue weighted by molar-refractivity contribution is -0.0514. The highest BCUT2D eigenvalue weighted by Gasteiger charge is 2.36. The Balaban J connectivity index is 1.95. The highest BCUT2D eigenvalue weighted by Crippen LogP contribution is 2.28. The number of hydrogen-bond donors (Lipinski definition) is 1. The summed E-state index contributed by atoms with van der Waals surface area (Å²) >= 11 is 0. The Labute approximate surface area is 104 Å². The number of likely N-dealkylation sites (N-methyl/N-ethyl adjacent to an activating group) is 1. The van der Waals surface area contributed by atoms with Gasteiger partial charge in [0, 0.05) is 13.1 Å². The number of benzene rings is 1. The Kier molecular flexibility index (Phi) is 4.15. The van der Waals surface area contributed by atoms with Crippen LogP contribution in [0.1, 0.15) is 18.4 Å². The summed E-state index contributed by atoms with van der Waals surface area (Å²) in [7, 11) is 2.14. The molecular weight excluding hydrogens is 212 g/mol. The van der Waals surface area contributed by atoms with Crippen LogP contribution in [0.5, 0.6) is 0 Å². The first-order valence-electron chi connectivity index (χ1n) is 6.31. The third-order valence-corrected chi connectivity index (χ3v) is 3.50. The first-order valence-corrected chi connectivity index (χ1v) is 6.31. The molecule has 3 nitrogen and oxygen atoms in total. The fourth-order valence-corrected chi connectivity index (χ4v) is 2.51. The molecule has 1 aliphatic rings. The zero-order valence-electron chi connectivity index (χ0n) is 10.6. The summed E-state index contributed by atoms with van der Waals surface area (Å²) in [5.41, 5.74) is 6.92. The lowest BCUT2D eigenvalue weighted by Crippen LogP contribution is -2.37. The Morgan fingerprint density at radius 1 is 1.35 bits per heavy atom. The van der Waals surface area contributed by atoms with Gasteiger partial charge in [-0.15, -0.1) is 0 Å². The number of hydrogen-bond acceptors (Lipinski definition) is 3. The molecule has 1 aromatic rings. The molecule has 1 fully saturated rings. The van der Waals surface area contributed by atoms with E-state index in [1.54, 1.807) is 0 Å². The van der Waals surface area contributed by atoms with Gasteiger partial charge in [-0.1, -0.05) is 30.3 Å². The highest BCUT2D eigenvalue weighted by molar-refractivity contribution is 5.13. The predicted molar refractivity (Wildman–Crippen MR) is 69.7 cm³/mol. The van der Waals surface area contributed by atoms with E-state index in [4.69, 9.17) is 10.5 Å². The number of rotatable bonds is 5. The molecule has 2 N–H and O–H groups in total. The Morgan fingerprint density at radius 2 is 2.12 bits per heavy atom. The summed E-state index contributed by atoms with van der Waals surface area (Å²) in [4.78, 5) is 2.32. The van der Waals surface area contributed by atoms with Gasteiger partial charge in [-0.25, -0.2) is 0 Å². The standard InChI is InChI=1S/C14H22N2O/c1-16-10-8-14(12-16,7-9-15)17-11-13-5-3-2-4-6-13/h2-6H,7-12,15H2,1H3. The lowest BCUT2D eigenvalue weighted by atomic mass is 9.98. The van der Waals surface area contributed by atoms with Gasteiger partial charge in [-0.05, 0) is 32.0 Å². The Morgan fingerprint density at radius 3 is 2.71 bits per heavy atom. The van der Waals surface area contributed by atoms with Crippen LogP contribution in [0.3, 0.4) is 0 Å². The average molecular weight is 234 g/mol. The van der Waals surface area contributed by atoms with E-state index in [1.807, 2.05) is 6.07 Å². The van der Waals surface area contributed by atoms with Crippen LogP contribution in [0.2, 0.25) is 0 Å². The summed E-state index contributed by atoms with van der Waals surface area (Å²) in [6.07, 6.45) is 2.04. The van der Waals surface area contributed by atoms with Crippen LogP contribution >= 0.6 is 0 Å². The molecule has 1 aliphatic heterocycles. The van der Waals surface area contributed by atoms with Crippen molar-refractivity contribution in [3.05, 3.63) is 35.9 Å². The minimum absolute atomic E-state index is 0.0284. The fraction of sp³-hybridized carbons (Fsp3) is 0.571. The summed E-state index contributed by atoms with van der Waals surface area (Å²) in [6.45, 7) is 3.49. The molecule has 2 rings (SSSR count). The van der Waals surface area contributed by atoms with Crippen molar-refractivity contribution < 1.29 is 4.74 Å². The molecular formula is C14H22N2O. The van der Waals surface area contributed by atoms with Gasteiger partial charge in [0.15, 0.2) is 0 Å². The molecule has 1 saturated heterocycles. The molecule has 3 heteroatoms. The second kappa shape index (κ2) is 5.63. The molecule has 0 spiro atoms. The van der Waals surface area contributed by atoms with Crippen LogP contribution in [0, 0.1) is 0 Å². The fourth-order valence-electron chi connectivity index (χ4n) is 2.51. The van der Waals surface area contributed by atoms with Gasteiger partial charge in [-0.2, -0.15) is 0 Å². The normalized spacial score (nSPS) is 25.3. The van der Waals surface area contributed by atoms with Crippen LogP contribution in [-0.4, -0.2) is 37.2 Å². The second-order valence-electron chi connectivity index (χ2n) is 4.98. The van der Waals surface area contributed by atoms with Crippen molar-refractivity contribution >= 4 is 0 Å². The molecule has 94 valence electrons. The van der Waals surface area contributed by atoms with E-state index in [0.29, 0.717) is 13.2 Å². The SMILES string of the molecule is CN1CCC(CCN)(OCc2ccccc2)C1. The van der Waals surface area contributed by atoms with Gasteiger partial charge < -0.3 is 15.4 Å². The van der Waals surface area contributed by atoms with Crippen molar-refractivity contribution in [2.75, 3.05) is 26.7 Å². The quantitative estimate of drug-likeness (QED) is 0.841. The molecule has 1 aromatic carbocycles. The van der Waals surface area contributed by atoms with Crippen molar-refractivity contribution in [3.8, 4) is 0 Å². The van der Waals surface area contributed by atoms with Gasteiger partial charge >= 0.3 is 0 Å². The molecule has 0 aliphatic carbocycles. The number of ether oxygens (including phenoxy) is 1. The van der Waals surface area contributed by atoms with E-state index in [9.17, 15) is 0 Å². The number of nitrogens with two attached hydrogens (primary N) is 1. The highest BCUT2D eigenvalue weighted by atomic mass is 16.5. The first kappa shape index (κ1) is 12.6. The van der Waals surface area contributed by atoms with Crippen LogP contribution < -0.4 is 5.73 Å². The van der Waals surface area contributed by atoms with E-state index in [0.717, 1.165) is 25.9 Å². The van der Waals surface area contributed by atoms with Crippen molar-refractivity contribution in [2.24, 2.45) is 5.73 Å².